The Bertz CT molecular complexity index is 878. The van der Waals surface area contributed by atoms with Crippen LogP contribution in [-0.4, -0.2) is 59.0 Å². The molecule has 0 radical (unpaired) electrons. The van der Waals surface area contributed by atoms with E-state index in [-0.39, 0.29) is 30.2 Å². The molecule has 2 aliphatic carbocycles. The van der Waals surface area contributed by atoms with Gasteiger partial charge in [0.1, 0.15) is 12.1 Å². The molecule has 1 unspecified atom stereocenters. The van der Waals surface area contributed by atoms with Crippen molar-refractivity contribution in [2.75, 3.05) is 6.54 Å². The fourth-order valence-corrected chi connectivity index (χ4v) is 4.31. The van der Waals surface area contributed by atoms with E-state index in [2.05, 4.69) is 16.6 Å². The van der Waals surface area contributed by atoms with E-state index in [4.69, 9.17) is 12.2 Å². The third-order valence-corrected chi connectivity index (χ3v) is 6.65. The lowest BCUT2D eigenvalue weighted by molar-refractivity contribution is -0.145. The first kappa shape index (κ1) is 24.7. The monoisotopic (exact) mass is 458 g/mol. The van der Waals surface area contributed by atoms with Crippen LogP contribution in [0.5, 0.6) is 0 Å². The molecule has 4 amide bonds. The molecule has 9 heteroatoms. The van der Waals surface area contributed by atoms with E-state index in [0.717, 1.165) is 25.7 Å². The van der Waals surface area contributed by atoms with Gasteiger partial charge in [0.05, 0.1) is 12.0 Å². The normalized spacial score (nSPS) is 24.4. The average Bonchev–Trinajstić information content (AvgIpc) is 3.67. The van der Waals surface area contributed by atoms with E-state index in [9.17, 15) is 24.0 Å². The Morgan fingerprint density at radius 2 is 1.67 bits per heavy atom. The van der Waals surface area contributed by atoms with Crippen LogP contribution in [0.25, 0.3) is 0 Å². The van der Waals surface area contributed by atoms with Crippen LogP contribution in [0, 0.1) is 35.5 Å². The van der Waals surface area contributed by atoms with Gasteiger partial charge >= 0.3 is 0 Å². The van der Waals surface area contributed by atoms with E-state index in [1.807, 2.05) is 20.8 Å². The van der Waals surface area contributed by atoms with Gasteiger partial charge in [0, 0.05) is 12.5 Å². The summed E-state index contributed by atoms with van der Waals surface area (Å²) in [5.41, 5.74) is 4.59. The number of ketones is 1. The highest BCUT2D eigenvalue weighted by atomic mass is 16.2. The van der Waals surface area contributed by atoms with Gasteiger partial charge in [0.2, 0.25) is 23.5 Å². The summed E-state index contributed by atoms with van der Waals surface area (Å²) < 4.78 is 0. The fourth-order valence-electron chi connectivity index (χ4n) is 4.31. The molecular weight excluding hydrogens is 424 g/mol. The summed E-state index contributed by atoms with van der Waals surface area (Å²) in [5, 5.41) is 5.51. The Kier molecular flexibility index (Phi) is 7.15. The number of likely N-dealkylation sites (tertiary alicyclic amines) is 1. The summed E-state index contributed by atoms with van der Waals surface area (Å²) in [6.07, 6.45) is 9.88. The second kappa shape index (κ2) is 9.54. The maximum atomic E-state index is 13.6. The number of amides is 4. The molecular formula is C24H34N4O5. The quantitative estimate of drug-likeness (QED) is 0.333. The van der Waals surface area contributed by atoms with Crippen LogP contribution in [0.2, 0.25) is 0 Å². The number of hydrogen-bond donors (Lipinski definition) is 3. The van der Waals surface area contributed by atoms with Gasteiger partial charge in [-0.2, -0.15) is 0 Å². The van der Waals surface area contributed by atoms with Crippen LogP contribution in [-0.2, 0) is 24.0 Å². The van der Waals surface area contributed by atoms with Gasteiger partial charge in [0.25, 0.3) is 5.91 Å². The van der Waals surface area contributed by atoms with Crippen molar-refractivity contribution >= 4 is 29.4 Å². The first-order valence-electron chi connectivity index (χ1n) is 11.6. The number of carbonyl (C=O) groups is 5. The number of nitrogens with zero attached hydrogens (tertiary/aromatic N) is 1. The lowest BCUT2D eigenvalue weighted by Crippen LogP contribution is -2.60. The predicted octanol–water partition coefficient (Wildman–Crippen LogP) is 0.117. The highest BCUT2D eigenvalue weighted by Gasteiger charge is 2.47. The molecule has 4 N–H and O–H groups in total. The molecule has 3 aliphatic rings. The molecule has 33 heavy (non-hydrogen) atoms. The molecule has 1 aliphatic heterocycles. The first-order valence-corrected chi connectivity index (χ1v) is 11.6. The summed E-state index contributed by atoms with van der Waals surface area (Å²) in [6, 6.07) is -2.86. The fraction of sp³-hybridized carbons (Fsp3) is 0.708. The summed E-state index contributed by atoms with van der Waals surface area (Å²) in [4.78, 5) is 64.5. The minimum Gasteiger partial charge on any atom is -0.363 e. The molecule has 0 aromatic rings. The van der Waals surface area contributed by atoms with E-state index in [1.165, 1.54) is 4.90 Å². The van der Waals surface area contributed by atoms with Crippen LogP contribution < -0.4 is 16.4 Å². The molecule has 1 heterocycles. The molecule has 9 nitrogen and oxygen atoms in total. The van der Waals surface area contributed by atoms with Crippen molar-refractivity contribution in [2.45, 2.75) is 77.4 Å². The number of carbonyl (C=O) groups excluding carboxylic acids is 5. The third kappa shape index (κ3) is 5.92. The molecule has 4 atom stereocenters. The van der Waals surface area contributed by atoms with Crippen molar-refractivity contribution in [3.8, 4) is 12.3 Å². The molecule has 1 saturated heterocycles. The number of primary amides is 1. The molecule has 0 aromatic carbocycles. The van der Waals surface area contributed by atoms with Gasteiger partial charge in [-0.1, -0.05) is 33.6 Å². The highest BCUT2D eigenvalue weighted by Crippen LogP contribution is 2.35. The van der Waals surface area contributed by atoms with Crippen molar-refractivity contribution in [3.63, 3.8) is 0 Å². The summed E-state index contributed by atoms with van der Waals surface area (Å²) in [5.74, 6) is -0.847. The van der Waals surface area contributed by atoms with Crippen LogP contribution in [0.4, 0.5) is 0 Å². The minimum absolute atomic E-state index is 0.0678. The Hall–Kier alpha value is -2.89. The van der Waals surface area contributed by atoms with Gasteiger partial charge in [-0.15, -0.1) is 12.3 Å². The van der Waals surface area contributed by atoms with Gasteiger partial charge in [-0.25, -0.2) is 0 Å². The lowest BCUT2D eigenvalue weighted by Gasteiger charge is -2.36. The molecule has 3 fully saturated rings. The van der Waals surface area contributed by atoms with Crippen LogP contribution in [0.15, 0.2) is 0 Å². The number of rotatable bonds is 9. The number of nitrogens with one attached hydrogen (secondary N) is 2. The smallest absolute Gasteiger partial charge is 0.287 e. The van der Waals surface area contributed by atoms with Gasteiger partial charge in [-0.3, -0.25) is 24.0 Å². The average molecular weight is 459 g/mol. The Morgan fingerprint density at radius 1 is 1.03 bits per heavy atom. The standard InChI is InChI=1S/C24H34N4O5/c1-5-14-10-11-28(23(33)19(24(2,3)4)27-21(31)15-8-9-15)17(14)22(32)26-16(12-13-6-7-13)18(29)20(25)30/h1,13-17,19H,6-12H2,2-4H3,(H2,25,30)(H,26,32)(H,27,31)/t14-,16?,17-,19+/m0/s1. The Morgan fingerprint density at radius 3 is 2.15 bits per heavy atom. The summed E-state index contributed by atoms with van der Waals surface area (Å²) >= 11 is 0. The second-order valence-electron chi connectivity index (χ2n) is 10.6. The van der Waals surface area contributed by atoms with Gasteiger partial charge in [-0.05, 0) is 37.0 Å². The number of nitrogens with two attached hydrogens (primary N) is 1. The zero-order chi connectivity index (χ0) is 24.5. The third-order valence-electron chi connectivity index (χ3n) is 6.65. The lowest BCUT2D eigenvalue weighted by atomic mass is 9.85. The molecule has 0 bridgehead atoms. The van der Waals surface area contributed by atoms with Gasteiger partial charge in [0.15, 0.2) is 0 Å². The van der Waals surface area contributed by atoms with E-state index in [1.54, 1.807) is 0 Å². The maximum absolute atomic E-state index is 13.6. The van der Waals surface area contributed by atoms with E-state index in [0.29, 0.717) is 12.8 Å². The number of Topliss-reactive ketones (excluding diaryl/α,β-unsaturated/α-hetero) is 1. The predicted molar refractivity (Wildman–Crippen MR) is 120 cm³/mol. The van der Waals surface area contributed by atoms with Crippen LogP contribution >= 0.6 is 0 Å². The minimum atomic E-state index is -1.11. The summed E-state index contributed by atoms with van der Waals surface area (Å²) in [6.45, 7) is 5.81. The van der Waals surface area contributed by atoms with Crippen LogP contribution in [0.3, 0.4) is 0 Å². The Balaban J connectivity index is 1.80. The van der Waals surface area contributed by atoms with Crippen LogP contribution in [0.1, 0.15) is 59.3 Å². The topological polar surface area (TPSA) is 139 Å². The van der Waals surface area contributed by atoms with Crippen molar-refractivity contribution in [3.05, 3.63) is 0 Å². The van der Waals surface area contributed by atoms with Crippen molar-refractivity contribution in [2.24, 2.45) is 28.9 Å². The first-order chi connectivity index (χ1) is 15.4. The van der Waals surface area contributed by atoms with E-state index < -0.39 is 47.1 Å². The SMILES string of the molecule is C#C[C@H]1CCN(C(=O)[C@@H](NC(=O)C2CC2)C(C)(C)C)[C@@H]1C(=O)NC(CC1CC1)C(=O)C(N)=O. The molecule has 180 valence electrons. The van der Waals surface area contributed by atoms with E-state index >= 15 is 0 Å². The highest BCUT2D eigenvalue weighted by molar-refractivity contribution is 6.37. The maximum Gasteiger partial charge on any atom is 0.287 e. The Labute approximate surface area is 194 Å². The van der Waals surface area contributed by atoms with Gasteiger partial charge < -0.3 is 21.3 Å². The van der Waals surface area contributed by atoms with Crippen molar-refractivity contribution in [1.29, 1.82) is 0 Å². The summed E-state index contributed by atoms with van der Waals surface area (Å²) in [7, 11) is 0. The molecule has 0 spiro atoms. The second-order valence-corrected chi connectivity index (χ2v) is 10.6. The van der Waals surface area contributed by atoms with Crippen molar-refractivity contribution < 1.29 is 24.0 Å². The largest absolute Gasteiger partial charge is 0.363 e. The number of terminal acetylenes is 1. The molecule has 0 aromatic heterocycles. The molecule has 3 rings (SSSR count). The van der Waals surface area contributed by atoms with Crippen molar-refractivity contribution in [1.82, 2.24) is 15.5 Å². The molecule has 2 saturated carbocycles. The zero-order valence-corrected chi connectivity index (χ0v) is 19.6. The number of hydrogen-bond acceptors (Lipinski definition) is 5. The zero-order valence-electron chi connectivity index (χ0n) is 19.6.